The van der Waals surface area contributed by atoms with Crippen LogP contribution >= 0.6 is 0 Å². The first-order valence-electron chi connectivity index (χ1n) is 9.16. The molecular formula is C20H27N3O4. The van der Waals surface area contributed by atoms with Gasteiger partial charge in [0.2, 0.25) is 5.91 Å². The number of nitrogens with zero attached hydrogens (tertiary/aromatic N) is 2. The van der Waals surface area contributed by atoms with Crippen LogP contribution in [0.25, 0.3) is 0 Å². The predicted octanol–water partition coefficient (Wildman–Crippen LogP) is 1.77. The summed E-state index contributed by atoms with van der Waals surface area (Å²) in [6.45, 7) is 7.87. The van der Waals surface area contributed by atoms with Crippen LogP contribution in [0, 0.1) is 5.92 Å². The number of nitrogens with one attached hydrogen (secondary N) is 1. The SMILES string of the molecule is C[C@@H]1[C@H](N(C)Cc2ccccc2)C(=O)NC12CN(C(=O)OC(C)(C)C)C2=O. The quantitative estimate of drug-likeness (QED) is 0.817. The molecule has 3 atom stereocenters. The van der Waals surface area contributed by atoms with Crippen molar-refractivity contribution >= 4 is 17.9 Å². The lowest BCUT2D eigenvalue weighted by atomic mass is 9.77. The van der Waals surface area contributed by atoms with E-state index in [4.69, 9.17) is 4.74 Å². The normalized spacial score (nSPS) is 27.7. The van der Waals surface area contributed by atoms with Gasteiger partial charge in [-0.2, -0.15) is 0 Å². The second kappa shape index (κ2) is 6.64. The van der Waals surface area contributed by atoms with Crippen LogP contribution in [0.2, 0.25) is 0 Å². The average Bonchev–Trinajstić information content (AvgIpc) is 2.84. The highest BCUT2D eigenvalue weighted by molar-refractivity contribution is 6.08. The lowest BCUT2D eigenvalue weighted by Gasteiger charge is -2.47. The van der Waals surface area contributed by atoms with Crippen molar-refractivity contribution in [2.75, 3.05) is 13.6 Å². The largest absolute Gasteiger partial charge is 0.443 e. The van der Waals surface area contributed by atoms with E-state index >= 15 is 0 Å². The fraction of sp³-hybridized carbons (Fsp3) is 0.550. The smallest absolute Gasteiger partial charge is 0.417 e. The Bertz CT molecular complexity index is 758. The zero-order chi connectivity index (χ0) is 20.0. The summed E-state index contributed by atoms with van der Waals surface area (Å²) in [5, 5.41) is 2.85. The van der Waals surface area contributed by atoms with Crippen molar-refractivity contribution in [1.29, 1.82) is 0 Å². The third kappa shape index (κ3) is 3.43. The second-order valence-corrected chi connectivity index (χ2v) is 8.47. The Morgan fingerprint density at radius 1 is 1.30 bits per heavy atom. The molecule has 2 fully saturated rings. The van der Waals surface area contributed by atoms with E-state index in [0.29, 0.717) is 6.54 Å². The fourth-order valence-corrected chi connectivity index (χ4v) is 3.89. The van der Waals surface area contributed by atoms with E-state index in [1.54, 1.807) is 20.8 Å². The molecule has 0 saturated carbocycles. The highest BCUT2D eigenvalue weighted by Gasteiger charge is 2.66. The van der Waals surface area contributed by atoms with Gasteiger partial charge in [-0.25, -0.2) is 9.69 Å². The average molecular weight is 373 g/mol. The monoisotopic (exact) mass is 373 g/mol. The van der Waals surface area contributed by atoms with Crippen LogP contribution in [0.1, 0.15) is 33.3 Å². The summed E-state index contributed by atoms with van der Waals surface area (Å²) < 4.78 is 5.27. The van der Waals surface area contributed by atoms with Crippen molar-refractivity contribution in [1.82, 2.24) is 15.1 Å². The molecule has 1 unspecified atom stereocenters. The molecule has 1 N–H and O–H groups in total. The summed E-state index contributed by atoms with van der Waals surface area (Å²) in [5.41, 5.74) is -0.608. The summed E-state index contributed by atoms with van der Waals surface area (Å²) >= 11 is 0. The van der Waals surface area contributed by atoms with Gasteiger partial charge in [0.1, 0.15) is 11.1 Å². The Balaban J connectivity index is 1.70. The van der Waals surface area contributed by atoms with E-state index in [2.05, 4.69) is 5.32 Å². The molecule has 0 aromatic heterocycles. The third-order valence-electron chi connectivity index (χ3n) is 5.26. The van der Waals surface area contributed by atoms with Crippen LogP contribution in [-0.4, -0.2) is 58.5 Å². The molecule has 2 aliphatic heterocycles. The molecule has 27 heavy (non-hydrogen) atoms. The van der Waals surface area contributed by atoms with Crippen molar-refractivity contribution in [3.05, 3.63) is 35.9 Å². The van der Waals surface area contributed by atoms with Gasteiger partial charge >= 0.3 is 6.09 Å². The van der Waals surface area contributed by atoms with Gasteiger partial charge in [0.15, 0.2) is 0 Å². The van der Waals surface area contributed by atoms with Gasteiger partial charge in [0.25, 0.3) is 5.91 Å². The van der Waals surface area contributed by atoms with E-state index in [1.807, 2.05) is 49.2 Å². The molecule has 1 spiro atoms. The van der Waals surface area contributed by atoms with Crippen molar-refractivity contribution in [3.8, 4) is 0 Å². The zero-order valence-electron chi connectivity index (χ0n) is 16.5. The van der Waals surface area contributed by atoms with Crippen molar-refractivity contribution in [2.24, 2.45) is 5.92 Å². The second-order valence-electron chi connectivity index (χ2n) is 8.47. The number of amides is 3. The summed E-state index contributed by atoms with van der Waals surface area (Å²) in [4.78, 5) is 40.6. The van der Waals surface area contributed by atoms with Gasteiger partial charge in [-0.1, -0.05) is 37.3 Å². The highest BCUT2D eigenvalue weighted by Crippen LogP contribution is 2.39. The molecule has 7 heteroatoms. The minimum absolute atomic E-state index is 0.142. The van der Waals surface area contributed by atoms with Crippen LogP contribution in [0.15, 0.2) is 30.3 Å². The first-order chi connectivity index (χ1) is 12.5. The number of hydrogen-bond acceptors (Lipinski definition) is 5. The number of hydrogen-bond donors (Lipinski definition) is 1. The van der Waals surface area contributed by atoms with Gasteiger partial charge in [0.05, 0.1) is 12.6 Å². The van der Waals surface area contributed by atoms with E-state index in [-0.39, 0.29) is 18.4 Å². The van der Waals surface area contributed by atoms with E-state index in [1.165, 1.54) is 0 Å². The molecule has 0 bridgehead atoms. The maximum atomic E-state index is 12.8. The molecule has 1 aromatic carbocycles. The molecule has 1 aromatic rings. The first kappa shape index (κ1) is 19.4. The number of imide groups is 1. The standard InChI is InChI=1S/C20H27N3O4/c1-13-15(22(5)11-14-9-7-6-8-10-14)16(24)21-20(13)12-23(17(20)25)18(26)27-19(2,3)4/h6-10,13,15H,11-12H2,1-5H3,(H,21,24)/t13-,15+,20?/m1/s1. The van der Waals surface area contributed by atoms with E-state index < -0.39 is 29.2 Å². The maximum absolute atomic E-state index is 12.8. The third-order valence-corrected chi connectivity index (χ3v) is 5.26. The van der Waals surface area contributed by atoms with Gasteiger partial charge in [-0.15, -0.1) is 0 Å². The minimum atomic E-state index is -1.02. The Morgan fingerprint density at radius 2 is 1.93 bits per heavy atom. The van der Waals surface area contributed by atoms with Crippen LogP contribution in [-0.2, 0) is 20.9 Å². The van der Waals surface area contributed by atoms with Crippen LogP contribution in [0.4, 0.5) is 4.79 Å². The van der Waals surface area contributed by atoms with Crippen molar-refractivity contribution < 1.29 is 19.1 Å². The van der Waals surface area contributed by atoms with Crippen molar-refractivity contribution in [2.45, 2.75) is 51.4 Å². The maximum Gasteiger partial charge on any atom is 0.417 e. The Labute approximate surface area is 159 Å². The van der Waals surface area contributed by atoms with E-state index in [0.717, 1.165) is 10.5 Å². The first-order valence-corrected chi connectivity index (χ1v) is 9.16. The Hall–Kier alpha value is -2.41. The number of rotatable bonds is 3. The molecule has 0 radical (unpaired) electrons. The lowest BCUT2D eigenvalue weighted by Crippen LogP contribution is -2.75. The molecule has 2 aliphatic rings. The molecule has 146 valence electrons. The minimum Gasteiger partial charge on any atom is -0.443 e. The number of carbonyl (C=O) groups is 3. The molecule has 3 rings (SSSR count). The predicted molar refractivity (Wildman–Crippen MR) is 99.7 cm³/mol. The lowest BCUT2D eigenvalue weighted by molar-refractivity contribution is -0.154. The molecule has 3 amide bonds. The summed E-state index contributed by atoms with van der Waals surface area (Å²) in [5.74, 6) is -0.837. The van der Waals surface area contributed by atoms with Gasteiger partial charge in [-0.3, -0.25) is 14.5 Å². The molecular weight excluding hydrogens is 346 g/mol. The van der Waals surface area contributed by atoms with Crippen LogP contribution < -0.4 is 5.32 Å². The molecule has 2 heterocycles. The number of carbonyl (C=O) groups excluding carboxylic acids is 3. The number of likely N-dealkylation sites (tertiary alicyclic amines) is 1. The number of likely N-dealkylation sites (N-methyl/N-ethyl adjacent to an activating group) is 1. The summed E-state index contributed by atoms with van der Waals surface area (Å²) in [6.07, 6.45) is -0.666. The topological polar surface area (TPSA) is 79.0 Å². The summed E-state index contributed by atoms with van der Waals surface area (Å²) in [7, 11) is 1.88. The fourth-order valence-electron chi connectivity index (χ4n) is 3.89. The number of ether oxygens (including phenoxy) is 1. The Kier molecular flexibility index (Phi) is 4.76. The van der Waals surface area contributed by atoms with Crippen LogP contribution in [0.3, 0.4) is 0 Å². The van der Waals surface area contributed by atoms with Crippen LogP contribution in [0.5, 0.6) is 0 Å². The number of β-lactam (4-membered cyclic amide) rings is 1. The molecule has 2 saturated heterocycles. The van der Waals surface area contributed by atoms with E-state index in [9.17, 15) is 14.4 Å². The molecule has 0 aliphatic carbocycles. The number of benzene rings is 1. The van der Waals surface area contributed by atoms with Gasteiger partial charge in [0, 0.05) is 12.5 Å². The van der Waals surface area contributed by atoms with Gasteiger partial charge in [-0.05, 0) is 33.4 Å². The zero-order valence-corrected chi connectivity index (χ0v) is 16.5. The highest BCUT2D eigenvalue weighted by atomic mass is 16.6. The summed E-state index contributed by atoms with van der Waals surface area (Å²) in [6, 6.07) is 9.43. The van der Waals surface area contributed by atoms with Crippen molar-refractivity contribution in [3.63, 3.8) is 0 Å². The van der Waals surface area contributed by atoms with Gasteiger partial charge < -0.3 is 10.1 Å². The molecule has 7 nitrogen and oxygen atoms in total. The Morgan fingerprint density at radius 3 is 2.48 bits per heavy atom.